The number of carbonyl (C=O) groups excluding carboxylic acids is 1. The van der Waals surface area contributed by atoms with Crippen molar-refractivity contribution in [2.24, 2.45) is 0 Å². The number of amides is 2. The van der Waals surface area contributed by atoms with Crippen molar-refractivity contribution < 1.29 is 24.5 Å². The molecule has 0 aromatic carbocycles. The first kappa shape index (κ1) is 17.7. The Kier molecular flexibility index (Phi) is 6.38. The minimum Gasteiger partial charge on any atom is -0.480 e. The van der Waals surface area contributed by atoms with Crippen LogP contribution in [0.4, 0.5) is 4.79 Å². The summed E-state index contributed by atoms with van der Waals surface area (Å²) in [7, 11) is 1.39. The number of nitrogens with one attached hydrogen (secondary N) is 1. The lowest BCUT2D eigenvalue weighted by Gasteiger charge is -2.37. The molecule has 1 rings (SSSR count). The van der Waals surface area contributed by atoms with Crippen molar-refractivity contribution in [2.45, 2.75) is 25.5 Å². The van der Waals surface area contributed by atoms with Gasteiger partial charge in [-0.05, 0) is 13.8 Å². The number of carboxylic acids is 1. The number of aliphatic hydroxyl groups is 1. The summed E-state index contributed by atoms with van der Waals surface area (Å²) in [5, 5.41) is 21.2. The molecule has 1 heterocycles. The molecule has 0 aliphatic carbocycles. The van der Waals surface area contributed by atoms with Crippen LogP contribution in [0.25, 0.3) is 0 Å². The third-order valence-corrected chi connectivity index (χ3v) is 3.20. The Hall–Kier alpha value is -1.38. The van der Waals surface area contributed by atoms with Crippen LogP contribution in [0, 0.1) is 0 Å². The predicted molar refractivity (Wildman–Crippen MR) is 76.1 cm³/mol. The minimum absolute atomic E-state index is 0.0697. The molecule has 0 aromatic rings. The van der Waals surface area contributed by atoms with Crippen LogP contribution in [0.2, 0.25) is 0 Å². The van der Waals surface area contributed by atoms with E-state index >= 15 is 0 Å². The van der Waals surface area contributed by atoms with E-state index in [2.05, 4.69) is 10.2 Å². The average molecular weight is 303 g/mol. The van der Waals surface area contributed by atoms with Gasteiger partial charge in [-0.25, -0.2) is 9.59 Å². The molecule has 8 heteroatoms. The molecule has 0 aromatic heterocycles. The standard InChI is InChI=1S/C13H25N3O5/c1-13(2,20)9-15-4-6-16(7-5-15)12(19)14-10(8-21-3)11(17)18/h10,20H,4-9H2,1-3H3,(H,14,19)(H,17,18). The van der Waals surface area contributed by atoms with Crippen molar-refractivity contribution in [2.75, 3.05) is 46.4 Å². The summed E-state index contributed by atoms with van der Waals surface area (Å²) in [6.07, 6.45) is 0. The summed E-state index contributed by atoms with van der Waals surface area (Å²) in [6, 6.07) is -1.45. The number of β-amino-alcohol motifs (C(OH)–C–C–N with tert-alkyl or cyclic N) is 1. The molecule has 1 fully saturated rings. The number of carbonyl (C=O) groups is 2. The Labute approximate surface area is 124 Å². The zero-order valence-corrected chi connectivity index (χ0v) is 12.8. The molecule has 1 unspecified atom stereocenters. The molecule has 0 saturated carbocycles. The van der Waals surface area contributed by atoms with Gasteiger partial charge in [-0.15, -0.1) is 0 Å². The number of methoxy groups -OCH3 is 1. The maximum absolute atomic E-state index is 12.0. The zero-order chi connectivity index (χ0) is 16.0. The monoisotopic (exact) mass is 303 g/mol. The van der Waals surface area contributed by atoms with Gasteiger partial charge in [0.2, 0.25) is 0 Å². The number of aliphatic carboxylic acids is 1. The van der Waals surface area contributed by atoms with E-state index in [1.807, 2.05) is 0 Å². The topological polar surface area (TPSA) is 102 Å². The van der Waals surface area contributed by atoms with E-state index in [1.165, 1.54) is 7.11 Å². The van der Waals surface area contributed by atoms with Crippen molar-refractivity contribution in [3.63, 3.8) is 0 Å². The van der Waals surface area contributed by atoms with Gasteiger partial charge >= 0.3 is 12.0 Å². The predicted octanol–water partition coefficient (Wildman–Crippen LogP) is -0.816. The van der Waals surface area contributed by atoms with Gasteiger partial charge in [-0.2, -0.15) is 0 Å². The molecule has 2 amide bonds. The third-order valence-electron chi connectivity index (χ3n) is 3.20. The summed E-state index contributed by atoms with van der Waals surface area (Å²) >= 11 is 0. The third kappa shape index (κ3) is 6.28. The number of nitrogens with zero attached hydrogens (tertiary/aromatic N) is 2. The van der Waals surface area contributed by atoms with Crippen molar-refractivity contribution in [1.29, 1.82) is 0 Å². The number of piperazine rings is 1. The maximum atomic E-state index is 12.0. The summed E-state index contributed by atoms with van der Waals surface area (Å²) in [5.41, 5.74) is -0.767. The van der Waals surface area contributed by atoms with E-state index in [1.54, 1.807) is 18.7 Å². The van der Waals surface area contributed by atoms with Gasteiger partial charge in [0.05, 0.1) is 12.2 Å². The van der Waals surface area contributed by atoms with Crippen molar-refractivity contribution in [3.8, 4) is 0 Å². The van der Waals surface area contributed by atoms with E-state index in [0.29, 0.717) is 32.7 Å². The molecule has 21 heavy (non-hydrogen) atoms. The summed E-state index contributed by atoms with van der Waals surface area (Å²) in [5.74, 6) is -1.12. The minimum atomic E-state index is -1.12. The van der Waals surface area contributed by atoms with Crippen LogP contribution in [0.3, 0.4) is 0 Å². The lowest BCUT2D eigenvalue weighted by Crippen LogP contribution is -2.56. The number of urea groups is 1. The summed E-state index contributed by atoms with van der Waals surface area (Å²) in [4.78, 5) is 26.6. The molecule has 1 saturated heterocycles. The number of hydrogen-bond donors (Lipinski definition) is 3. The molecule has 122 valence electrons. The second kappa shape index (κ2) is 7.58. The van der Waals surface area contributed by atoms with Gasteiger partial charge in [0.1, 0.15) is 0 Å². The lowest BCUT2D eigenvalue weighted by atomic mass is 10.1. The fourth-order valence-electron chi connectivity index (χ4n) is 2.24. The van der Waals surface area contributed by atoms with E-state index in [0.717, 1.165) is 0 Å². The quantitative estimate of drug-likeness (QED) is 0.593. The fourth-order valence-corrected chi connectivity index (χ4v) is 2.24. The van der Waals surface area contributed by atoms with Crippen LogP contribution < -0.4 is 5.32 Å². The number of hydrogen-bond acceptors (Lipinski definition) is 5. The Morgan fingerprint density at radius 3 is 2.29 bits per heavy atom. The molecule has 1 aliphatic rings. The molecule has 3 N–H and O–H groups in total. The summed E-state index contributed by atoms with van der Waals surface area (Å²) < 4.78 is 4.78. The number of carboxylic acid groups (broad SMARTS) is 1. The highest BCUT2D eigenvalue weighted by Gasteiger charge is 2.27. The highest BCUT2D eigenvalue weighted by Crippen LogP contribution is 2.08. The number of rotatable bonds is 6. The first-order valence-electron chi connectivity index (χ1n) is 6.95. The van der Waals surface area contributed by atoms with Crippen molar-refractivity contribution in [1.82, 2.24) is 15.1 Å². The van der Waals surface area contributed by atoms with Gasteiger partial charge in [-0.3, -0.25) is 4.90 Å². The van der Waals surface area contributed by atoms with E-state index < -0.39 is 23.6 Å². The van der Waals surface area contributed by atoms with Gasteiger partial charge < -0.3 is 25.2 Å². The highest BCUT2D eigenvalue weighted by atomic mass is 16.5. The molecular formula is C13H25N3O5. The molecule has 0 radical (unpaired) electrons. The first-order valence-corrected chi connectivity index (χ1v) is 6.95. The van der Waals surface area contributed by atoms with Crippen molar-refractivity contribution >= 4 is 12.0 Å². The molecule has 0 spiro atoms. The Morgan fingerprint density at radius 1 is 1.29 bits per heavy atom. The van der Waals surface area contributed by atoms with Crippen molar-refractivity contribution in [3.05, 3.63) is 0 Å². The Balaban J connectivity index is 2.42. The van der Waals surface area contributed by atoms with E-state index in [9.17, 15) is 14.7 Å². The van der Waals surface area contributed by atoms with Crippen LogP contribution in [-0.4, -0.2) is 90.1 Å². The van der Waals surface area contributed by atoms with Crippen LogP contribution >= 0.6 is 0 Å². The second-order valence-corrected chi connectivity index (χ2v) is 5.87. The van der Waals surface area contributed by atoms with Crippen LogP contribution in [0.5, 0.6) is 0 Å². The highest BCUT2D eigenvalue weighted by molar-refractivity contribution is 5.82. The normalized spacial score (nSPS) is 18.4. The second-order valence-electron chi connectivity index (χ2n) is 5.87. The Bertz CT molecular complexity index is 361. The zero-order valence-electron chi connectivity index (χ0n) is 12.8. The largest absolute Gasteiger partial charge is 0.480 e. The SMILES string of the molecule is COCC(NC(=O)N1CCN(CC(C)(C)O)CC1)C(=O)O. The lowest BCUT2D eigenvalue weighted by molar-refractivity contribution is -0.140. The van der Waals surface area contributed by atoms with Crippen LogP contribution in [0.15, 0.2) is 0 Å². The molecular weight excluding hydrogens is 278 g/mol. The van der Waals surface area contributed by atoms with Gasteiger partial charge in [0.15, 0.2) is 6.04 Å². The van der Waals surface area contributed by atoms with E-state index in [4.69, 9.17) is 9.84 Å². The van der Waals surface area contributed by atoms with E-state index in [-0.39, 0.29) is 6.61 Å². The first-order chi connectivity index (χ1) is 9.73. The maximum Gasteiger partial charge on any atom is 0.328 e. The molecule has 1 aliphatic heterocycles. The number of ether oxygens (including phenoxy) is 1. The van der Waals surface area contributed by atoms with Gasteiger partial charge in [-0.1, -0.05) is 0 Å². The Morgan fingerprint density at radius 2 is 1.86 bits per heavy atom. The van der Waals surface area contributed by atoms with Crippen LogP contribution in [-0.2, 0) is 9.53 Å². The summed E-state index contributed by atoms with van der Waals surface area (Å²) in [6.45, 7) is 6.27. The average Bonchev–Trinajstić information content (AvgIpc) is 2.36. The van der Waals surface area contributed by atoms with Crippen LogP contribution in [0.1, 0.15) is 13.8 Å². The molecule has 1 atom stereocenters. The fraction of sp³-hybridized carbons (Fsp3) is 0.846. The van der Waals surface area contributed by atoms with Gasteiger partial charge in [0.25, 0.3) is 0 Å². The molecule has 8 nitrogen and oxygen atoms in total. The smallest absolute Gasteiger partial charge is 0.328 e. The van der Waals surface area contributed by atoms with Gasteiger partial charge in [0, 0.05) is 39.8 Å². The molecule has 0 bridgehead atoms.